The minimum atomic E-state index is -0.337. The molecule has 8 nitrogen and oxygen atoms in total. The van der Waals surface area contributed by atoms with Crippen molar-refractivity contribution < 1.29 is 14.3 Å². The Balaban J connectivity index is 1.48. The van der Waals surface area contributed by atoms with Crippen LogP contribution in [0.4, 0.5) is 5.82 Å². The summed E-state index contributed by atoms with van der Waals surface area (Å²) in [4.78, 5) is 22.0. The summed E-state index contributed by atoms with van der Waals surface area (Å²) >= 11 is 3.44. The number of nitrogen functional groups attached to an aromatic ring is 1. The smallest absolute Gasteiger partial charge is 0.281 e. The molecule has 0 saturated carbocycles. The van der Waals surface area contributed by atoms with Crippen LogP contribution >= 0.6 is 33.9 Å². The molecule has 0 aliphatic rings. The fourth-order valence-electron chi connectivity index (χ4n) is 3.22. The molecule has 4 aromatic rings. The fourth-order valence-corrected chi connectivity index (χ4v) is 5.04. The number of anilines is 1. The summed E-state index contributed by atoms with van der Waals surface area (Å²) in [5.74, 6) is 1.26. The van der Waals surface area contributed by atoms with Crippen LogP contribution in [0.15, 0.2) is 53.9 Å². The van der Waals surface area contributed by atoms with Gasteiger partial charge in [0, 0.05) is 0 Å². The number of amides is 1. The van der Waals surface area contributed by atoms with Gasteiger partial charge in [-0.15, -0.1) is 11.3 Å². The standard InChI is InChI=1S/C23H20IN5O3S/c1-13-18-21(25)26-12-27-23(18)33-20(13)22(30)29-28-10-15-8-16(24)19(17(9-15)31-2)32-11-14-6-4-3-5-7-14/h3-10,12H,11H2,1-2H3,(H,29,30)(H2,25,26,27)/b28-10-. The van der Waals surface area contributed by atoms with E-state index < -0.39 is 0 Å². The SMILES string of the molecule is COc1cc(/C=N\NC(=O)c2sc3ncnc(N)c3c2C)cc(I)c1OCc1ccccc1. The van der Waals surface area contributed by atoms with Crippen LogP contribution in [0.5, 0.6) is 11.5 Å². The van der Waals surface area contributed by atoms with Crippen molar-refractivity contribution in [1.29, 1.82) is 0 Å². The van der Waals surface area contributed by atoms with Crippen LogP contribution in [-0.4, -0.2) is 29.2 Å². The van der Waals surface area contributed by atoms with Gasteiger partial charge in [0.1, 0.15) is 23.6 Å². The molecule has 0 bridgehead atoms. The Kier molecular flexibility index (Phi) is 7.04. The topological polar surface area (TPSA) is 112 Å². The van der Waals surface area contributed by atoms with Gasteiger partial charge in [0.25, 0.3) is 5.91 Å². The van der Waals surface area contributed by atoms with Crippen molar-refractivity contribution in [1.82, 2.24) is 15.4 Å². The van der Waals surface area contributed by atoms with Gasteiger partial charge in [-0.3, -0.25) is 4.79 Å². The van der Waals surface area contributed by atoms with Crippen molar-refractivity contribution in [2.45, 2.75) is 13.5 Å². The fraction of sp³-hybridized carbons (Fsp3) is 0.130. The quantitative estimate of drug-likeness (QED) is 0.191. The highest BCUT2D eigenvalue weighted by Crippen LogP contribution is 2.34. The summed E-state index contributed by atoms with van der Waals surface area (Å²) in [6, 6.07) is 13.6. The second-order valence-electron chi connectivity index (χ2n) is 7.00. The van der Waals surface area contributed by atoms with Crippen LogP contribution in [-0.2, 0) is 6.61 Å². The largest absolute Gasteiger partial charge is 0.493 e. The lowest BCUT2D eigenvalue weighted by Gasteiger charge is -2.13. The van der Waals surface area contributed by atoms with Crippen molar-refractivity contribution in [2.24, 2.45) is 5.10 Å². The Morgan fingerprint density at radius 2 is 2.06 bits per heavy atom. The van der Waals surface area contributed by atoms with Crippen molar-refractivity contribution in [3.05, 3.63) is 73.9 Å². The first kappa shape index (κ1) is 22.9. The lowest BCUT2D eigenvalue weighted by atomic mass is 10.2. The molecule has 0 saturated heterocycles. The first-order valence-electron chi connectivity index (χ1n) is 9.85. The number of aromatic nitrogens is 2. The lowest BCUT2D eigenvalue weighted by molar-refractivity contribution is 0.0958. The molecular weight excluding hydrogens is 553 g/mol. The maximum Gasteiger partial charge on any atom is 0.281 e. The summed E-state index contributed by atoms with van der Waals surface area (Å²) in [7, 11) is 1.59. The van der Waals surface area contributed by atoms with Gasteiger partial charge in [-0.05, 0) is 58.3 Å². The molecule has 0 fully saturated rings. The number of nitrogens with one attached hydrogen (secondary N) is 1. The Hall–Kier alpha value is -3.25. The Morgan fingerprint density at radius 3 is 2.79 bits per heavy atom. The average molecular weight is 573 g/mol. The van der Waals surface area contributed by atoms with Crippen LogP contribution in [0.2, 0.25) is 0 Å². The Labute approximate surface area is 208 Å². The summed E-state index contributed by atoms with van der Waals surface area (Å²) < 4.78 is 12.4. The number of carbonyl (C=O) groups is 1. The first-order chi connectivity index (χ1) is 16.0. The van der Waals surface area contributed by atoms with E-state index in [1.807, 2.05) is 43.3 Å². The number of hydrazone groups is 1. The number of benzene rings is 2. The van der Waals surface area contributed by atoms with Crippen LogP contribution in [0.25, 0.3) is 10.2 Å². The van der Waals surface area contributed by atoms with Crippen molar-refractivity contribution in [3.8, 4) is 11.5 Å². The minimum Gasteiger partial charge on any atom is -0.493 e. The number of nitrogens with zero attached hydrogens (tertiary/aromatic N) is 3. The van der Waals surface area contributed by atoms with Gasteiger partial charge >= 0.3 is 0 Å². The third-order valence-corrected chi connectivity index (χ3v) is 6.82. The van der Waals surface area contributed by atoms with E-state index in [0.29, 0.717) is 39.0 Å². The number of ether oxygens (including phenoxy) is 2. The van der Waals surface area contributed by atoms with Crippen LogP contribution < -0.4 is 20.6 Å². The molecule has 0 radical (unpaired) electrons. The monoisotopic (exact) mass is 573 g/mol. The number of hydrogen-bond acceptors (Lipinski definition) is 8. The maximum atomic E-state index is 12.7. The predicted molar refractivity (Wildman–Crippen MR) is 138 cm³/mol. The van der Waals surface area contributed by atoms with Gasteiger partial charge in [-0.1, -0.05) is 30.3 Å². The Morgan fingerprint density at radius 1 is 1.27 bits per heavy atom. The lowest BCUT2D eigenvalue weighted by Crippen LogP contribution is -2.17. The summed E-state index contributed by atoms with van der Waals surface area (Å²) in [5, 5.41) is 4.80. The number of nitrogens with two attached hydrogens (primary N) is 1. The average Bonchev–Trinajstić information content (AvgIpc) is 3.16. The zero-order valence-electron chi connectivity index (χ0n) is 17.8. The number of thiophene rings is 1. The first-order valence-corrected chi connectivity index (χ1v) is 11.7. The number of rotatable bonds is 7. The van der Waals surface area contributed by atoms with E-state index in [9.17, 15) is 4.79 Å². The number of aryl methyl sites for hydroxylation is 1. The van der Waals surface area contributed by atoms with E-state index in [1.54, 1.807) is 19.4 Å². The van der Waals surface area contributed by atoms with E-state index in [-0.39, 0.29) is 5.91 Å². The molecule has 3 N–H and O–H groups in total. The number of hydrogen-bond donors (Lipinski definition) is 2. The normalized spacial score (nSPS) is 11.1. The summed E-state index contributed by atoms with van der Waals surface area (Å²) in [5.41, 5.74) is 11.0. The molecule has 168 valence electrons. The molecule has 10 heteroatoms. The molecule has 0 aliphatic carbocycles. The molecule has 4 rings (SSSR count). The molecule has 0 unspecified atom stereocenters. The third kappa shape index (κ3) is 5.06. The van der Waals surface area contributed by atoms with E-state index in [0.717, 1.165) is 20.3 Å². The number of methoxy groups -OCH3 is 1. The van der Waals surface area contributed by atoms with Crippen molar-refractivity contribution in [3.63, 3.8) is 0 Å². The van der Waals surface area contributed by atoms with E-state index >= 15 is 0 Å². The van der Waals surface area contributed by atoms with Crippen LogP contribution in [0, 0.1) is 10.5 Å². The molecule has 2 aromatic heterocycles. The van der Waals surface area contributed by atoms with E-state index in [1.165, 1.54) is 17.7 Å². The van der Waals surface area contributed by atoms with E-state index in [2.05, 4.69) is 43.1 Å². The molecular formula is C23H20IN5O3S. The van der Waals surface area contributed by atoms with Crippen molar-refractivity contribution >= 4 is 62.1 Å². The summed E-state index contributed by atoms with van der Waals surface area (Å²) in [6.45, 7) is 2.25. The molecule has 1 amide bonds. The zero-order chi connectivity index (χ0) is 23.4. The highest BCUT2D eigenvalue weighted by Gasteiger charge is 2.18. The predicted octanol–water partition coefficient (Wildman–Crippen LogP) is 4.54. The molecule has 0 spiro atoms. The highest BCUT2D eigenvalue weighted by atomic mass is 127. The molecule has 0 atom stereocenters. The molecule has 2 heterocycles. The highest BCUT2D eigenvalue weighted by molar-refractivity contribution is 14.1. The maximum absolute atomic E-state index is 12.7. The third-order valence-electron chi connectivity index (χ3n) is 4.82. The number of carbonyl (C=O) groups excluding carboxylic acids is 1. The van der Waals surface area contributed by atoms with Gasteiger partial charge in [0.15, 0.2) is 11.5 Å². The van der Waals surface area contributed by atoms with Gasteiger partial charge in [0.2, 0.25) is 0 Å². The van der Waals surface area contributed by atoms with Gasteiger partial charge < -0.3 is 15.2 Å². The second-order valence-corrected chi connectivity index (χ2v) is 9.16. The number of fused-ring (bicyclic) bond motifs is 1. The summed E-state index contributed by atoms with van der Waals surface area (Å²) in [6.07, 6.45) is 2.94. The van der Waals surface area contributed by atoms with Gasteiger partial charge in [-0.25, -0.2) is 15.4 Å². The Bertz CT molecular complexity index is 1340. The zero-order valence-corrected chi connectivity index (χ0v) is 20.8. The number of halogens is 1. The molecule has 33 heavy (non-hydrogen) atoms. The molecule has 0 aliphatic heterocycles. The minimum absolute atomic E-state index is 0.337. The van der Waals surface area contributed by atoms with Gasteiger partial charge in [-0.2, -0.15) is 5.10 Å². The second kappa shape index (κ2) is 10.1. The molecule has 2 aromatic carbocycles. The van der Waals surface area contributed by atoms with Gasteiger partial charge in [0.05, 0.1) is 27.2 Å². The van der Waals surface area contributed by atoms with Crippen molar-refractivity contribution in [2.75, 3.05) is 12.8 Å². The van der Waals surface area contributed by atoms with Crippen LogP contribution in [0.1, 0.15) is 26.4 Å². The van der Waals surface area contributed by atoms with Crippen LogP contribution in [0.3, 0.4) is 0 Å². The van der Waals surface area contributed by atoms with E-state index in [4.69, 9.17) is 15.2 Å².